The van der Waals surface area contributed by atoms with Gasteiger partial charge in [0.2, 0.25) is 11.6 Å². The first-order valence-electron chi connectivity index (χ1n) is 5.02. The molecular weight excluding hydrogens is 304 g/mol. The summed E-state index contributed by atoms with van der Waals surface area (Å²) in [4.78, 5) is 23.4. The summed E-state index contributed by atoms with van der Waals surface area (Å²) in [6, 6.07) is 3.05. The van der Waals surface area contributed by atoms with E-state index in [2.05, 4.69) is 15.9 Å². The molecule has 0 aliphatic rings. The van der Waals surface area contributed by atoms with Crippen molar-refractivity contribution < 1.29 is 23.8 Å². The van der Waals surface area contributed by atoms with E-state index >= 15 is 0 Å². The zero-order valence-electron chi connectivity index (χ0n) is 10.3. The molecule has 0 radical (unpaired) electrons. The molecule has 0 saturated heterocycles. The fourth-order valence-corrected chi connectivity index (χ4v) is 1.68. The summed E-state index contributed by atoms with van der Waals surface area (Å²) in [5.41, 5.74) is 0.102. The Labute approximate surface area is 113 Å². The first kappa shape index (κ1) is 14.5. The van der Waals surface area contributed by atoms with Crippen LogP contribution in [0.3, 0.4) is 0 Å². The number of halogens is 1. The number of alkyl halides is 1. The molecule has 0 aliphatic heterocycles. The van der Waals surface area contributed by atoms with Crippen LogP contribution in [0.25, 0.3) is 0 Å². The highest BCUT2D eigenvalue weighted by Gasteiger charge is 2.24. The van der Waals surface area contributed by atoms with E-state index in [4.69, 9.17) is 14.2 Å². The minimum Gasteiger partial charge on any atom is -0.496 e. The summed E-state index contributed by atoms with van der Waals surface area (Å²) in [5.74, 6) is -0.275. The predicted octanol–water partition coefficient (Wildman–Crippen LogP) is 1.86. The molecule has 0 bridgehead atoms. The summed E-state index contributed by atoms with van der Waals surface area (Å²) in [5, 5.41) is -0.0514. The third-order valence-electron chi connectivity index (χ3n) is 2.32. The van der Waals surface area contributed by atoms with Crippen molar-refractivity contribution in [3.63, 3.8) is 0 Å². The first-order valence-corrected chi connectivity index (χ1v) is 6.14. The Morgan fingerprint density at radius 2 is 1.56 bits per heavy atom. The van der Waals surface area contributed by atoms with Gasteiger partial charge in [-0.15, -0.1) is 0 Å². The van der Waals surface area contributed by atoms with Crippen molar-refractivity contribution in [1.82, 2.24) is 0 Å². The number of Topliss-reactive ketones (excluding diaryl/α,β-unsaturated/α-hetero) is 2. The van der Waals surface area contributed by atoms with Gasteiger partial charge in [-0.3, -0.25) is 9.59 Å². The van der Waals surface area contributed by atoms with Gasteiger partial charge in [0.1, 0.15) is 22.8 Å². The fourth-order valence-electron chi connectivity index (χ4n) is 1.43. The molecule has 6 heteroatoms. The molecule has 0 aliphatic carbocycles. The van der Waals surface area contributed by atoms with Crippen molar-refractivity contribution in [2.45, 2.75) is 0 Å². The lowest BCUT2D eigenvalue weighted by atomic mass is 10.1. The number of carbonyl (C=O) groups is 2. The van der Waals surface area contributed by atoms with Crippen LogP contribution in [0.4, 0.5) is 0 Å². The molecule has 0 fully saturated rings. The lowest BCUT2D eigenvalue weighted by molar-refractivity contribution is -0.112. The third-order valence-corrected chi connectivity index (χ3v) is 2.83. The number of ether oxygens (including phenoxy) is 3. The second-order valence-corrected chi connectivity index (χ2v) is 3.85. The van der Waals surface area contributed by atoms with E-state index in [1.807, 2.05) is 0 Å². The number of methoxy groups -OCH3 is 3. The molecule has 0 atom stereocenters. The van der Waals surface area contributed by atoms with Crippen molar-refractivity contribution in [3.05, 3.63) is 17.7 Å². The molecule has 98 valence electrons. The zero-order chi connectivity index (χ0) is 13.7. The van der Waals surface area contributed by atoms with E-state index in [0.717, 1.165) is 0 Å². The van der Waals surface area contributed by atoms with E-state index in [1.165, 1.54) is 33.5 Å². The van der Waals surface area contributed by atoms with Crippen molar-refractivity contribution >= 4 is 27.5 Å². The van der Waals surface area contributed by atoms with Gasteiger partial charge in [-0.1, -0.05) is 15.9 Å². The molecule has 1 aromatic carbocycles. The highest BCUT2D eigenvalue weighted by Crippen LogP contribution is 2.34. The van der Waals surface area contributed by atoms with Crippen LogP contribution in [0, 0.1) is 0 Å². The summed E-state index contributed by atoms with van der Waals surface area (Å²) in [6.45, 7) is 0. The molecule has 0 saturated carbocycles. The average molecular weight is 317 g/mol. The zero-order valence-corrected chi connectivity index (χ0v) is 11.9. The van der Waals surface area contributed by atoms with E-state index in [-0.39, 0.29) is 22.4 Å². The molecule has 0 spiro atoms. The lowest BCUT2D eigenvalue weighted by Crippen LogP contribution is -2.17. The standard InChI is InChI=1S/C12H13BrO5/c1-16-7-4-9(17-2)11(10(5-7)18-3)12(15)8(14)6-13/h4-5H,6H2,1-3H3. The summed E-state index contributed by atoms with van der Waals surface area (Å²) < 4.78 is 15.3. The fraction of sp³-hybridized carbons (Fsp3) is 0.333. The Hall–Kier alpha value is -1.56. The van der Waals surface area contributed by atoms with Gasteiger partial charge in [-0.2, -0.15) is 0 Å². The third kappa shape index (κ3) is 2.81. The van der Waals surface area contributed by atoms with E-state index < -0.39 is 11.6 Å². The van der Waals surface area contributed by atoms with E-state index in [0.29, 0.717) is 5.75 Å². The summed E-state index contributed by atoms with van der Waals surface area (Å²) in [7, 11) is 4.30. The van der Waals surface area contributed by atoms with Crippen LogP contribution in [0.15, 0.2) is 12.1 Å². The minimum atomic E-state index is -0.664. The predicted molar refractivity (Wildman–Crippen MR) is 69.2 cm³/mol. The molecule has 0 aromatic heterocycles. The van der Waals surface area contributed by atoms with Gasteiger partial charge < -0.3 is 14.2 Å². The number of benzene rings is 1. The smallest absolute Gasteiger partial charge is 0.236 e. The largest absolute Gasteiger partial charge is 0.496 e. The molecule has 0 unspecified atom stereocenters. The molecule has 0 amide bonds. The van der Waals surface area contributed by atoms with Crippen LogP contribution in [0.2, 0.25) is 0 Å². The SMILES string of the molecule is COc1cc(OC)c(C(=O)C(=O)CBr)c(OC)c1. The quantitative estimate of drug-likeness (QED) is 0.455. The maximum absolute atomic E-state index is 12.0. The lowest BCUT2D eigenvalue weighted by Gasteiger charge is -2.13. The Kier molecular flexibility index (Phi) is 5.15. The number of ketones is 2. The maximum Gasteiger partial charge on any atom is 0.236 e. The second-order valence-electron chi connectivity index (χ2n) is 3.29. The Bertz CT molecular complexity index is 445. The van der Waals surface area contributed by atoms with Crippen molar-refractivity contribution in [3.8, 4) is 17.2 Å². The minimum absolute atomic E-state index is 0.0514. The van der Waals surface area contributed by atoms with Gasteiger partial charge in [-0.25, -0.2) is 0 Å². The number of hydrogen-bond donors (Lipinski definition) is 0. The molecule has 5 nitrogen and oxygen atoms in total. The molecular formula is C12H13BrO5. The normalized spacial score (nSPS) is 9.78. The van der Waals surface area contributed by atoms with Crippen LogP contribution < -0.4 is 14.2 Å². The van der Waals surface area contributed by atoms with E-state index in [1.54, 1.807) is 0 Å². The highest BCUT2D eigenvalue weighted by atomic mass is 79.9. The van der Waals surface area contributed by atoms with Gasteiger partial charge in [0.25, 0.3) is 0 Å². The van der Waals surface area contributed by atoms with E-state index in [9.17, 15) is 9.59 Å². The Balaban J connectivity index is 3.40. The average Bonchev–Trinajstić information content (AvgIpc) is 2.43. The second kappa shape index (κ2) is 6.39. The van der Waals surface area contributed by atoms with Gasteiger partial charge in [0.15, 0.2) is 0 Å². The van der Waals surface area contributed by atoms with Crippen LogP contribution in [-0.2, 0) is 4.79 Å². The van der Waals surface area contributed by atoms with Crippen LogP contribution in [0.1, 0.15) is 10.4 Å². The van der Waals surface area contributed by atoms with Crippen molar-refractivity contribution in [2.75, 3.05) is 26.7 Å². The van der Waals surface area contributed by atoms with Crippen LogP contribution in [0.5, 0.6) is 17.2 Å². The number of hydrogen-bond acceptors (Lipinski definition) is 5. The molecule has 0 N–H and O–H groups in total. The van der Waals surface area contributed by atoms with Gasteiger partial charge in [0.05, 0.1) is 26.7 Å². The number of rotatable bonds is 6. The molecule has 1 aromatic rings. The number of carbonyl (C=O) groups excluding carboxylic acids is 2. The topological polar surface area (TPSA) is 61.8 Å². The highest BCUT2D eigenvalue weighted by molar-refractivity contribution is 9.09. The molecule has 18 heavy (non-hydrogen) atoms. The first-order chi connectivity index (χ1) is 8.58. The van der Waals surface area contributed by atoms with Crippen molar-refractivity contribution in [2.24, 2.45) is 0 Å². The summed E-state index contributed by atoms with van der Waals surface area (Å²) >= 11 is 2.96. The van der Waals surface area contributed by atoms with Gasteiger partial charge in [-0.05, 0) is 0 Å². The monoisotopic (exact) mass is 316 g/mol. The molecule has 1 rings (SSSR count). The molecule has 0 heterocycles. The Morgan fingerprint density at radius 3 is 1.89 bits per heavy atom. The van der Waals surface area contributed by atoms with Crippen molar-refractivity contribution in [1.29, 1.82) is 0 Å². The summed E-state index contributed by atoms with van der Waals surface area (Å²) in [6.07, 6.45) is 0. The Morgan fingerprint density at radius 1 is 1.06 bits per heavy atom. The van der Waals surface area contributed by atoms with Crippen LogP contribution in [-0.4, -0.2) is 38.2 Å². The maximum atomic E-state index is 12.0. The van der Waals surface area contributed by atoms with Gasteiger partial charge in [0, 0.05) is 12.1 Å². The van der Waals surface area contributed by atoms with Gasteiger partial charge >= 0.3 is 0 Å². The van der Waals surface area contributed by atoms with Crippen LogP contribution >= 0.6 is 15.9 Å².